The lowest BCUT2D eigenvalue weighted by Crippen LogP contribution is -2.38. The third-order valence-electron chi connectivity index (χ3n) is 3.38. The third-order valence-corrected chi connectivity index (χ3v) is 3.38. The van der Waals surface area contributed by atoms with E-state index in [1.54, 1.807) is 0 Å². The van der Waals surface area contributed by atoms with Gasteiger partial charge in [-0.05, 0) is 25.7 Å². The van der Waals surface area contributed by atoms with Crippen LogP contribution in [0.1, 0.15) is 25.7 Å². The number of ether oxygens (including phenoxy) is 1. The zero-order valence-electron chi connectivity index (χ0n) is 11.1. The molecule has 2 saturated heterocycles. The van der Waals surface area contributed by atoms with Crippen LogP contribution in [0.15, 0.2) is 4.99 Å². The van der Waals surface area contributed by atoms with Gasteiger partial charge in [-0.25, -0.2) is 4.99 Å². The van der Waals surface area contributed by atoms with Gasteiger partial charge in [-0.15, -0.1) is 17.0 Å². The number of likely N-dealkylation sites (tertiary alicyclic amines) is 1. The fourth-order valence-corrected chi connectivity index (χ4v) is 2.30. The summed E-state index contributed by atoms with van der Waals surface area (Å²) in [5.74, 6) is 0.396. The molecule has 6 nitrogen and oxygen atoms in total. The molecule has 2 fully saturated rings. The minimum atomic E-state index is 0. The Kier molecular flexibility index (Phi) is 7.15. The molecule has 0 spiro atoms. The SMILES string of the molecule is Br.NC(=NCC(=O)N1CCCC1)NCC1CCCO1. The van der Waals surface area contributed by atoms with E-state index in [1.165, 1.54) is 0 Å². The molecule has 0 bridgehead atoms. The number of nitrogens with two attached hydrogens (primary N) is 1. The first-order valence-corrected chi connectivity index (χ1v) is 6.69. The van der Waals surface area contributed by atoms with Gasteiger partial charge in [-0.1, -0.05) is 0 Å². The van der Waals surface area contributed by atoms with Gasteiger partial charge in [0.2, 0.25) is 5.91 Å². The fraction of sp³-hybridized carbons (Fsp3) is 0.833. The van der Waals surface area contributed by atoms with E-state index in [4.69, 9.17) is 10.5 Å². The van der Waals surface area contributed by atoms with Crippen molar-refractivity contribution in [1.82, 2.24) is 10.2 Å². The molecule has 110 valence electrons. The maximum atomic E-state index is 11.7. The van der Waals surface area contributed by atoms with Gasteiger partial charge in [0.05, 0.1) is 6.10 Å². The summed E-state index contributed by atoms with van der Waals surface area (Å²) in [6, 6.07) is 0. The largest absolute Gasteiger partial charge is 0.376 e. The van der Waals surface area contributed by atoms with E-state index in [9.17, 15) is 4.79 Å². The Morgan fingerprint density at radius 2 is 2.11 bits per heavy atom. The number of nitrogens with one attached hydrogen (secondary N) is 1. The standard InChI is InChI=1S/C12H22N4O2.BrH/c13-12(14-8-10-4-3-7-18-10)15-9-11(17)16-5-1-2-6-16;/h10H,1-9H2,(H3,13,14,15);1H. The second kappa shape index (κ2) is 8.37. The van der Waals surface area contributed by atoms with E-state index in [0.29, 0.717) is 12.5 Å². The van der Waals surface area contributed by atoms with Crippen LogP contribution >= 0.6 is 17.0 Å². The van der Waals surface area contributed by atoms with E-state index in [2.05, 4.69) is 10.3 Å². The van der Waals surface area contributed by atoms with Crippen molar-refractivity contribution in [2.45, 2.75) is 31.8 Å². The van der Waals surface area contributed by atoms with E-state index in [0.717, 1.165) is 45.4 Å². The van der Waals surface area contributed by atoms with E-state index in [-0.39, 0.29) is 35.5 Å². The van der Waals surface area contributed by atoms with Crippen molar-refractivity contribution in [3.05, 3.63) is 0 Å². The Balaban J connectivity index is 0.00000180. The van der Waals surface area contributed by atoms with Crippen LogP contribution in [0.3, 0.4) is 0 Å². The number of carbonyl (C=O) groups is 1. The Bertz CT molecular complexity index is 313. The summed E-state index contributed by atoms with van der Waals surface area (Å²) < 4.78 is 5.46. The predicted octanol–water partition coefficient (Wildman–Crippen LogP) is 0.270. The van der Waals surface area contributed by atoms with Crippen molar-refractivity contribution in [1.29, 1.82) is 0 Å². The predicted molar refractivity (Wildman–Crippen MR) is 79.6 cm³/mol. The number of amides is 1. The minimum absolute atomic E-state index is 0. The zero-order valence-corrected chi connectivity index (χ0v) is 12.9. The number of aliphatic imine (C=N–C) groups is 1. The Morgan fingerprint density at radius 1 is 1.37 bits per heavy atom. The van der Waals surface area contributed by atoms with Gasteiger partial charge in [0.15, 0.2) is 5.96 Å². The molecule has 19 heavy (non-hydrogen) atoms. The highest BCUT2D eigenvalue weighted by Crippen LogP contribution is 2.10. The normalized spacial score (nSPS) is 23.3. The average molecular weight is 335 g/mol. The summed E-state index contributed by atoms with van der Waals surface area (Å²) in [5, 5.41) is 3.00. The van der Waals surface area contributed by atoms with Crippen molar-refractivity contribution in [3.63, 3.8) is 0 Å². The van der Waals surface area contributed by atoms with E-state index >= 15 is 0 Å². The van der Waals surface area contributed by atoms with Gasteiger partial charge >= 0.3 is 0 Å². The van der Waals surface area contributed by atoms with Crippen molar-refractivity contribution in [3.8, 4) is 0 Å². The summed E-state index contributed by atoms with van der Waals surface area (Å²) in [5.41, 5.74) is 5.71. The average Bonchev–Trinajstić information content (AvgIpc) is 3.05. The lowest BCUT2D eigenvalue weighted by Gasteiger charge is -2.14. The molecule has 1 amide bonds. The van der Waals surface area contributed by atoms with Crippen LogP contribution in [0.4, 0.5) is 0 Å². The number of hydrogen-bond acceptors (Lipinski definition) is 3. The molecule has 0 aliphatic carbocycles. The summed E-state index contributed by atoms with van der Waals surface area (Å²) in [7, 11) is 0. The van der Waals surface area contributed by atoms with Gasteiger partial charge in [-0.3, -0.25) is 4.79 Å². The Labute approximate surface area is 124 Å². The van der Waals surface area contributed by atoms with Gasteiger partial charge in [-0.2, -0.15) is 0 Å². The minimum Gasteiger partial charge on any atom is -0.376 e. The quantitative estimate of drug-likeness (QED) is 0.571. The molecule has 0 aromatic carbocycles. The highest BCUT2D eigenvalue weighted by Gasteiger charge is 2.17. The lowest BCUT2D eigenvalue weighted by molar-refractivity contribution is -0.128. The monoisotopic (exact) mass is 334 g/mol. The topological polar surface area (TPSA) is 80.0 Å². The molecule has 0 aromatic heterocycles. The second-order valence-electron chi connectivity index (χ2n) is 4.81. The maximum absolute atomic E-state index is 11.7. The number of hydrogen-bond donors (Lipinski definition) is 2. The summed E-state index contributed by atoms with van der Waals surface area (Å²) >= 11 is 0. The number of nitrogens with zero attached hydrogens (tertiary/aromatic N) is 2. The number of rotatable bonds is 4. The van der Waals surface area contributed by atoms with Gasteiger partial charge in [0, 0.05) is 26.2 Å². The third kappa shape index (κ3) is 5.36. The van der Waals surface area contributed by atoms with Crippen molar-refractivity contribution in [2.24, 2.45) is 10.7 Å². The van der Waals surface area contributed by atoms with Gasteiger partial charge in [0.1, 0.15) is 6.54 Å². The Morgan fingerprint density at radius 3 is 2.74 bits per heavy atom. The summed E-state index contributed by atoms with van der Waals surface area (Å²) in [6.45, 7) is 3.36. The van der Waals surface area contributed by atoms with E-state index < -0.39 is 0 Å². The number of carbonyl (C=O) groups excluding carboxylic acids is 1. The van der Waals surface area contributed by atoms with Crippen molar-refractivity contribution < 1.29 is 9.53 Å². The number of guanidine groups is 1. The molecule has 1 atom stereocenters. The molecule has 1 unspecified atom stereocenters. The fourth-order valence-electron chi connectivity index (χ4n) is 2.30. The first-order valence-electron chi connectivity index (χ1n) is 6.69. The molecule has 7 heteroatoms. The maximum Gasteiger partial charge on any atom is 0.244 e. The van der Waals surface area contributed by atoms with Crippen molar-refractivity contribution >= 4 is 28.8 Å². The van der Waals surface area contributed by atoms with Gasteiger partial charge in [0.25, 0.3) is 0 Å². The first kappa shape index (κ1) is 16.2. The smallest absolute Gasteiger partial charge is 0.244 e. The number of halogens is 1. The van der Waals surface area contributed by atoms with Crippen molar-refractivity contribution in [2.75, 3.05) is 32.8 Å². The summed E-state index contributed by atoms with van der Waals surface area (Å²) in [4.78, 5) is 17.6. The van der Waals surface area contributed by atoms with Crippen LogP contribution in [0.2, 0.25) is 0 Å². The molecule has 0 radical (unpaired) electrons. The highest BCUT2D eigenvalue weighted by atomic mass is 79.9. The Hall–Kier alpha value is -0.820. The van der Waals surface area contributed by atoms with Crippen LogP contribution in [0.25, 0.3) is 0 Å². The molecule has 2 heterocycles. The second-order valence-corrected chi connectivity index (χ2v) is 4.81. The molecule has 3 N–H and O–H groups in total. The van der Waals surface area contributed by atoms with E-state index in [1.807, 2.05) is 4.90 Å². The molecule has 0 saturated carbocycles. The molecular weight excluding hydrogens is 312 g/mol. The zero-order chi connectivity index (χ0) is 12.8. The molecule has 2 aliphatic rings. The van der Waals surface area contributed by atoms with Crippen LogP contribution in [-0.4, -0.2) is 55.7 Å². The first-order chi connectivity index (χ1) is 8.75. The molecule has 2 aliphatic heterocycles. The van der Waals surface area contributed by atoms with Crippen LogP contribution in [0.5, 0.6) is 0 Å². The highest BCUT2D eigenvalue weighted by molar-refractivity contribution is 8.93. The van der Waals surface area contributed by atoms with Crippen LogP contribution < -0.4 is 11.1 Å². The summed E-state index contributed by atoms with van der Waals surface area (Å²) in [6.07, 6.45) is 4.60. The molecule has 0 aromatic rings. The molecular formula is C12H23BrN4O2. The molecule has 2 rings (SSSR count). The van der Waals surface area contributed by atoms with Gasteiger partial charge < -0.3 is 20.7 Å². The lowest BCUT2D eigenvalue weighted by atomic mass is 10.2. The van der Waals surface area contributed by atoms with Crippen LogP contribution in [-0.2, 0) is 9.53 Å². The van der Waals surface area contributed by atoms with Crippen LogP contribution in [0, 0.1) is 0 Å².